The summed E-state index contributed by atoms with van der Waals surface area (Å²) in [5.41, 5.74) is 2.95. The van der Waals surface area contributed by atoms with Gasteiger partial charge < -0.3 is 15.1 Å². The van der Waals surface area contributed by atoms with Gasteiger partial charge in [-0.15, -0.1) is 0 Å². The molecule has 168 valence electrons. The Hall–Kier alpha value is -2.12. The lowest BCUT2D eigenvalue weighted by Gasteiger charge is -2.34. The smallest absolute Gasteiger partial charge is 0.251 e. The maximum absolute atomic E-state index is 12.2. The van der Waals surface area contributed by atoms with Crippen LogP contribution in [0.1, 0.15) is 49.3 Å². The molecule has 7 heteroatoms. The van der Waals surface area contributed by atoms with Gasteiger partial charge in [0.15, 0.2) is 5.16 Å². The van der Waals surface area contributed by atoms with Gasteiger partial charge in [-0.25, -0.2) is 9.97 Å². The van der Waals surface area contributed by atoms with Crippen molar-refractivity contribution >= 4 is 23.5 Å². The van der Waals surface area contributed by atoms with Crippen LogP contribution in [0.25, 0.3) is 0 Å². The van der Waals surface area contributed by atoms with E-state index in [0.29, 0.717) is 18.0 Å². The van der Waals surface area contributed by atoms with Crippen molar-refractivity contribution in [3.8, 4) is 0 Å². The Balaban J connectivity index is 1.61. The number of nitrogens with zero attached hydrogens (tertiary/aromatic N) is 4. The number of piperazine rings is 1. The van der Waals surface area contributed by atoms with Gasteiger partial charge in [0.05, 0.1) is 0 Å². The molecule has 1 saturated heterocycles. The van der Waals surface area contributed by atoms with E-state index in [2.05, 4.69) is 48.9 Å². The fraction of sp³-hybridized carbons (Fsp3) is 0.542. The molecule has 6 nitrogen and oxygen atoms in total. The van der Waals surface area contributed by atoms with Crippen molar-refractivity contribution in [1.82, 2.24) is 20.2 Å². The number of hydrogen-bond acceptors (Lipinski definition) is 6. The molecule has 1 amide bonds. The lowest BCUT2D eigenvalue weighted by atomic mass is 10.1. The molecule has 31 heavy (non-hydrogen) atoms. The maximum Gasteiger partial charge on any atom is 0.251 e. The van der Waals surface area contributed by atoms with Crippen LogP contribution in [0, 0.1) is 5.92 Å². The molecule has 0 spiro atoms. The summed E-state index contributed by atoms with van der Waals surface area (Å²) in [7, 11) is 0. The molecule has 0 unspecified atom stereocenters. The lowest BCUT2D eigenvalue weighted by molar-refractivity contribution is 0.0949. The molecule has 2 aromatic rings. The number of carbonyl (C=O) groups excluding carboxylic acids is 1. The number of rotatable bonds is 9. The Morgan fingerprint density at radius 1 is 1.10 bits per heavy atom. The highest BCUT2D eigenvalue weighted by Gasteiger charge is 2.18. The Bertz CT molecular complexity index is 848. The Kier molecular flexibility index (Phi) is 8.72. The third-order valence-electron chi connectivity index (χ3n) is 5.51. The summed E-state index contributed by atoms with van der Waals surface area (Å²) in [6, 6.07) is 9.97. The maximum atomic E-state index is 12.2. The van der Waals surface area contributed by atoms with Crippen LogP contribution in [0.5, 0.6) is 0 Å². The molecular formula is C24H35N5OS. The van der Waals surface area contributed by atoms with Gasteiger partial charge in [-0.3, -0.25) is 4.79 Å². The summed E-state index contributed by atoms with van der Waals surface area (Å²) < 4.78 is 0. The number of anilines is 1. The second-order valence-electron chi connectivity index (χ2n) is 8.36. The van der Waals surface area contributed by atoms with E-state index < -0.39 is 0 Å². The molecule has 1 aromatic carbocycles. The van der Waals surface area contributed by atoms with Gasteiger partial charge in [0.2, 0.25) is 0 Å². The lowest BCUT2D eigenvalue weighted by Crippen LogP contribution is -2.46. The summed E-state index contributed by atoms with van der Waals surface area (Å²) in [4.78, 5) is 26.6. The van der Waals surface area contributed by atoms with Crippen LogP contribution in [0.4, 0.5) is 5.82 Å². The van der Waals surface area contributed by atoms with E-state index in [1.54, 1.807) is 11.8 Å². The van der Waals surface area contributed by atoms with Crippen molar-refractivity contribution in [2.75, 3.05) is 44.2 Å². The minimum Gasteiger partial charge on any atom is -0.354 e. The minimum atomic E-state index is -0.0142. The van der Waals surface area contributed by atoms with E-state index in [1.807, 2.05) is 24.3 Å². The van der Waals surface area contributed by atoms with E-state index in [1.165, 1.54) is 0 Å². The zero-order valence-corrected chi connectivity index (χ0v) is 20.0. The topological polar surface area (TPSA) is 61.4 Å². The van der Waals surface area contributed by atoms with Crippen molar-refractivity contribution in [2.24, 2.45) is 5.92 Å². The first-order valence-corrected chi connectivity index (χ1v) is 12.3. The van der Waals surface area contributed by atoms with Gasteiger partial charge in [-0.1, -0.05) is 51.6 Å². The first-order valence-electron chi connectivity index (χ1n) is 11.3. The second-order valence-corrected chi connectivity index (χ2v) is 9.31. The zero-order valence-electron chi connectivity index (χ0n) is 19.2. The Morgan fingerprint density at radius 2 is 1.81 bits per heavy atom. The van der Waals surface area contributed by atoms with Crippen molar-refractivity contribution in [1.29, 1.82) is 0 Å². The molecule has 1 aliphatic heterocycles. The number of aromatic nitrogens is 2. The van der Waals surface area contributed by atoms with Crippen LogP contribution in [0.2, 0.25) is 0 Å². The van der Waals surface area contributed by atoms with E-state index in [4.69, 9.17) is 9.97 Å². The number of carbonyl (C=O) groups is 1. The first kappa shape index (κ1) is 23.5. The number of thioether (sulfide) groups is 1. The molecule has 1 aromatic heterocycles. The minimum absolute atomic E-state index is 0.0142. The fourth-order valence-electron chi connectivity index (χ4n) is 3.46. The number of aryl methyl sites for hydroxylation is 1. The Morgan fingerprint density at radius 3 is 2.42 bits per heavy atom. The summed E-state index contributed by atoms with van der Waals surface area (Å²) in [5.74, 6) is 2.25. The second kappa shape index (κ2) is 11.5. The number of nitrogens with one attached hydrogen (secondary N) is 1. The van der Waals surface area contributed by atoms with Crippen molar-refractivity contribution in [3.05, 3.63) is 47.2 Å². The SMILES string of the molecule is CCc1cc(N2CCN(CC)CC2)nc(SCc2ccc(C(=O)NCC(C)C)cc2)n1. The van der Waals surface area contributed by atoms with E-state index in [-0.39, 0.29) is 5.91 Å². The van der Waals surface area contributed by atoms with Crippen LogP contribution in [0.15, 0.2) is 35.5 Å². The predicted octanol–water partition coefficient (Wildman–Crippen LogP) is 3.86. The molecule has 0 saturated carbocycles. The normalized spacial score (nSPS) is 14.8. The number of likely N-dealkylation sites (N-methyl/N-ethyl adjacent to an activating group) is 1. The van der Waals surface area contributed by atoms with Crippen LogP contribution in [-0.2, 0) is 12.2 Å². The summed E-state index contributed by atoms with van der Waals surface area (Å²) >= 11 is 1.65. The molecule has 0 bridgehead atoms. The molecule has 0 aliphatic carbocycles. The first-order chi connectivity index (χ1) is 15.0. The fourth-order valence-corrected chi connectivity index (χ4v) is 4.29. The summed E-state index contributed by atoms with van der Waals surface area (Å²) in [6.07, 6.45) is 0.901. The summed E-state index contributed by atoms with van der Waals surface area (Å²) in [6.45, 7) is 14.5. The van der Waals surface area contributed by atoms with Crippen LogP contribution >= 0.6 is 11.8 Å². The highest BCUT2D eigenvalue weighted by atomic mass is 32.2. The molecule has 1 aliphatic rings. The average molecular weight is 442 g/mol. The van der Waals surface area contributed by atoms with Gasteiger partial charge in [0, 0.05) is 55.8 Å². The van der Waals surface area contributed by atoms with Gasteiger partial charge in [-0.05, 0) is 36.6 Å². The number of benzene rings is 1. The highest BCUT2D eigenvalue weighted by Crippen LogP contribution is 2.24. The zero-order chi connectivity index (χ0) is 22.2. The quantitative estimate of drug-likeness (QED) is 0.471. The van der Waals surface area contributed by atoms with E-state index in [0.717, 1.165) is 67.1 Å². The number of hydrogen-bond donors (Lipinski definition) is 1. The average Bonchev–Trinajstić information content (AvgIpc) is 2.81. The van der Waals surface area contributed by atoms with Crippen LogP contribution in [-0.4, -0.2) is 60.0 Å². The molecule has 3 rings (SSSR count). The van der Waals surface area contributed by atoms with E-state index >= 15 is 0 Å². The van der Waals surface area contributed by atoms with Crippen LogP contribution in [0.3, 0.4) is 0 Å². The van der Waals surface area contributed by atoms with Crippen molar-refractivity contribution < 1.29 is 4.79 Å². The van der Waals surface area contributed by atoms with Crippen molar-refractivity contribution in [3.63, 3.8) is 0 Å². The third-order valence-corrected chi connectivity index (χ3v) is 6.42. The highest BCUT2D eigenvalue weighted by molar-refractivity contribution is 7.98. The molecule has 2 heterocycles. The molecular weight excluding hydrogens is 406 g/mol. The third kappa shape index (κ3) is 6.94. The van der Waals surface area contributed by atoms with Crippen LogP contribution < -0.4 is 10.2 Å². The molecule has 1 fully saturated rings. The Labute approximate surface area is 190 Å². The van der Waals surface area contributed by atoms with Gasteiger partial charge >= 0.3 is 0 Å². The standard InChI is InChI=1S/C24H35N5OS/c1-5-21-15-22(29-13-11-28(6-2)12-14-29)27-24(26-21)31-17-19-7-9-20(10-8-19)23(30)25-16-18(3)4/h7-10,15,18H,5-6,11-14,16-17H2,1-4H3,(H,25,30). The number of amides is 1. The summed E-state index contributed by atoms with van der Waals surface area (Å²) in [5, 5.41) is 3.79. The monoisotopic (exact) mass is 441 g/mol. The van der Waals surface area contributed by atoms with Crippen molar-refractivity contribution in [2.45, 2.75) is 45.0 Å². The van der Waals surface area contributed by atoms with Gasteiger partial charge in [-0.2, -0.15) is 0 Å². The van der Waals surface area contributed by atoms with Gasteiger partial charge in [0.1, 0.15) is 5.82 Å². The molecule has 0 atom stereocenters. The molecule has 1 N–H and O–H groups in total. The largest absolute Gasteiger partial charge is 0.354 e. The van der Waals surface area contributed by atoms with Gasteiger partial charge in [0.25, 0.3) is 5.91 Å². The van der Waals surface area contributed by atoms with E-state index in [9.17, 15) is 4.79 Å². The molecule has 0 radical (unpaired) electrons. The predicted molar refractivity (Wildman–Crippen MR) is 129 cm³/mol.